The summed E-state index contributed by atoms with van der Waals surface area (Å²) in [5, 5.41) is 0. The smallest absolute Gasteiger partial charge is 0.0967 e. The second-order valence-corrected chi connectivity index (χ2v) is 3.54. The molecule has 1 saturated heterocycles. The van der Waals surface area contributed by atoms with Gasteiger partial charge in [-0.1, -0.05) is 0 Å². The van der Waals surface area contributed by atoms with E-state index in [4.69, 9.17) is 9.47 Å². The molecule has 0 aromatic heterocycles. The summed E-state index contributed by atoms with van der Waals surface area (Å²) in [6, 6.07) is 0. The average molecular weight is 155 g/mol. The molecule has 0 aromatic carbocycles. The van der Waals surface area contributed by atoms with Crippen molar-refractivity contribution in [1.82, 2.24) is 0 Å². The zero-order chi connectivity index (χ0) is 7.84. The van der Waals surface area contributed by atoms with Crippen molar-refractivity contribution in [2.75, 3.05) is 7.11 Å². The van der Waals surface area contributed by atoms with Crippen LogP contribution in [-0.2, 0) is 9.47 Å². The van der Waals surface area contributed by atoms with Crippen LogP contribution in [0.3, 0.4) is 0 Å². The highest BCUT2D eigenvalue weighted by Gasteiger charge is 2.45. The van der Waals surface area contributed by atoms with Crippen molar-refractivity contribution >= 4 is 0 Å². The Bertz CT molecular complexity index is 146. The minimum absolute atomic E-state index is 0.568. The number of rotatable bonds is 2. The second-order valence-electron chi connectivity index (χ2n) is 3.54. The van der Waals surface area contributed by atoms with E-state index in [9.17, 15) is 0 Å². The van der Waals surface area contributed by atoms with E-state index < -0.39 is 0 Å². The highest BCUT2D eigenvalue weighted by Crippen LogP contribution is 2.42. The predicted molar refractivity (Wildman–Crippen MR) is 41.9 cm³/mol. The van der Waals surface area contributed by atoms with Crippen LogP contribution in [0.15, 0.2) is 0 Å². The molecule has 2 aliphatic rings. The van der Waals surface area contributed by atoms with Gasteiger partial charge in [0.2, 0.25) is 0 Å². The lowest BCUT2D eigenvalue weighted by atomic mass is 9.86. The average Bonchev–Trinajstić information content (AvgIpc) is 2.80. The molecule has 1 aliphatic heterocycles. The lowest BCUT2D eigenvalue weighted by Crippen LogP contribution is -2.19. The summed E-state index contributed by atoms with van der Waals surface area (Å²) in [4.78, 5) is 0. The summed E-state index contributed by atoms with van der Waals surface area (Å²) in [6.45, 7) is 2.08. The summed E-state index contributed by atoms with van der Waals surface area (Å²) < 4.78 is 10.7. The van der Waals surface area contributed by atoms with Gasteiger partial charge in [-0.15, -0.1) is 0 Å². The molecular weight excluding hydrogens is 140 g/mol. The van der Waals surface area contributed by atoms with Crippen molar-refractivity contribution in [3.63, 3.8) is 0 Å². The van der Waals surface area contributed by atoms with E-state index >= 15 is 0 Å². The molecule has 1 radical (unpaired) electrons. The molecule has 0 aromatic rings. The number of ether oxygens (including phenoxy) is 2. The lowest BCUT2D eigenvalue weighted by Gasteiger charge is -2.23. The van der Waals surface area contributed by atoms with E-state index in [0.29, 0.717) is 18.1 Å². The maximum atomic E-state index is 5.43. The Hall–Kier alpha value is -0.0800. The Morgan fingerprint density at radius 2 is 2.18 bits per heavy atom. The van der Waals surface area contributed by atoms with Crippen molar-refractivity contribution in [2.24, 2.45) is 5.92 Å². The Kier molecular flexibility index (Phi) is 1.90. The van der Waals surface area contributed by atoms with Gasteiger partial charge in [0, 0.05) is 7.11 Å². The van der Waals surface area contributed by atoms with Crippen LogP contribution in [0.25, 0.3) is 0 Å². The van der Waals surface area contributed by atoms with Crippen molar-refractivity contribution in [2.45, 2.75) is 38.4 Å². The van der Waals surface area contributed by atoms with Gasteiger partial charge in [-0.2, -0.15) is 0 Å². The third kappa shape index (κ3) is 1.42. The lowest BCUT2D eigenvalue weighted by molar-refractivity contribution is 0.146. The molecule has 0 N–H and O–H groups in total. The SMILES string of the molecule is CO[C](C)C1CCC2OC2C1. The van der Waals surface area contributed by atoms with E-state index in [2.05, 4.69) is 6.92 Å². The van der Waals surface area contributed by atoms with Gasteiger partial charge in [0.1, 0.15) is 0 Å². The first-order valence-electron chi connectivity index (χ1n) is 4.34. The van der Waals surface area contributed by atoms with E-state index in [1.165, 1.54) is 25.4 Å². The van der Waals surface area contributed by atoms with E-state index in [-0.39, 0.29) is 0 Å². The molecule has 0 amide bonds. The van der Waals surface area contributed by atoms with Crippen molar-refractivity contribution in [1.29, 1.82) is 0 Å². The van der Waals surface area contributed by atoms with Gasteiger partial charge < -0.3 is 9.47 Å². The van der Waals surface area contributed by atoms with Crippen molar-refractivity contribution in [3.05, 3.63) is 6.10 Å². The Morgan fingerprint density at radius 1 is 1.36 bits per heavy atom. The van der Waals surface area contributed by atoms with Crippen LogP contribution in [0, 0.1) is 12.0 Å². The number of fused-ring (bicyclic) bond motifs is 1. The first-order valence-corrected chi connectivity index (χ1v) is 4.34. The summed E-state index contributed by atoms with van der Waals surface area (Å²) >= 11 is 0. The maximum Gasteiger partial charge on any atom is 0.0967 e. The minimum Gasteiger partial charge on any atom is -0.375 e. The van der Waals surface area contributed by atoms with E-state index in [1.807, 2.05) is 0 Å². The zero-order valence-electron chi connectivity index (χ0n) is 7.17. The van der Waals surface area contributed by atoms with Gasteiger partial charge in [0.05, 0.1) is 18.3 Å². The molecule has 1 aliphatic carbocycles. The first-order chi connectivity index (χ1) is 5.31. The number of epoxide rings is 1. The molecular formula is C9H15O2. The van der Waals surface area contributed by atoms with E-state index in [1.54, 1.807) is 7.11 Å². The van der Waals surface area contributed by atoms with Gasteiger partial charge in [0.25, 0.3) is 0 Å². The molecule has 3 unspecified atom stereocenters. The Morgan fingerprint density at radius 3 is 2.82 bits per heavy atom. The summed E-state index contributed by atoms with van der Waals surface area (Å²) in [5.41, 5.74) is 0. The summed E-state index contributed by atoms with van der Waals surface area (Å²) in [5.74, 6) is 0.656. The van der Waals surface area contributed by atoms with Crippen LogP contribution >= 0.6 is 0 Å². The molecule has 63 valence electrons. The topological polar surface area (TPSA) is 21.8 Å². The van der Waals surface area contributed by atoms with Crippen LogP contribution in [0.1, 0.15) is 26.2 Å². The normalized spacial score (nSPS) is 42.3. The quantitative estimate of drug-likeness (QED) is 0.567. The molecule has 2 heteroatoms. The van der Waals surface area contributed by atoms with Gasteiger partial charge in [0.15, 0.2) is 0 Å². The van der Waals surface area contributed by atoms with Gasteiger partial charge >= 0.3 is 0 Å². The number of methoxy groups -OCH3 is 1. The van der Waals surface area contributed by atoms with Gasteiger partial charge in [-0.25, -0.2) is 0 Å². The molecule has 0 bridgehead atoms. The van der Waals surface area contributed by atoms with Gasteiger partial charge in [-0.3, -0.25) is 0 Å². The largest absolute Gasteiger partial charge is 0.375 e. The highest BCUT2D eigenvalue weighted by molar-refractivity contribution is 4.97. The Balaban J connectivity index is 1.84. The third-order valence-corrected chi connectivity index (χ3v) is 2.90. The fraction of sp³-hybridized carbons (Fsp3) is 0.889. The molecule has 2 nitrogen and oxygen atoms in total. The molecule has 0 spiro atoms. The number of hydrogen-bond donors (Lipinski definition) is 0. The molecule has 2 fully saturated rings. The van der Waals surface area contributed by atoms with Crippen molar-refractivity contribution in [3.8, 4) is 0 Å². The van der Waals surface area contributed by atoms with Crippen LogP contribution in [-0.4, -0.2) is 19.3 Å². The fourth-order valence-electron chi connectivity index (χ4n) is 1.94. The molecule has 2 rings (SSSR count). The monoisotopic (exact) mass is 155 g/mol. The summed E-state index contributed by atoms with van der Waals surface area (Å²) in [7, 11) is 1.76. The molecule has 1 saturated carbocycles. The van der Waals surface area contributed by atoms with Crippen LogP contribution in [0.5, 0.6) is 0 Å². The van der Waals surface area contributed by atoms with Crippen LogP contribution in [0.2, 0.25) is 0 Å². The fourth-order valence-corrected chi connectivity index (χ4v) is 1.94. The van der Waals surface area contributed by atoms with E-state index in [0.717, 1.165) is 0 Å². The predicted octanol–water partition coefficient (Wildman–Crippen LogP) is 1.75. The maximum absolute atomic E-state index is 5.43. The zero-order valence-corrected chi connectivity index (χ0v) is 7.17. The third-order valence-electron chi connectivity index (χ3n) is 2.90. The minimum atomic E-state index is 0.568. The first kappa shape index (κ1) is 7.56. The molecule has 11 heavy (non-hydrogen) atoms. The molecule has 3 atom stereocenters. The van der Waals surface area contributed by atoms with Crippen molar-refractivity contribution < 1.29 is 9.47 Å². The van der Waals surface area contributed by atoms with Crippen LogP contribution in [0.4, 0.5) is 0 Å². The number of hydrogen-bond acceptors (Lipinski definition) is 2. The van der Waals surface area contributed by atoms with Crippen LogP contribution < -0.4 is 0 Å². The molecule has 1 heterocycles. The second kappa shape index (κ2) is 2.76. The van der Waals surface area contributed by atoms with Gasteiger partial charge in [-0.05, 0) is 32.1 Å². The standard InChI is InChI=1S/C9H15O2/c1-6(10-2)7-3-4-8-9(5-7)11-8/h7-9H,3-5H2,1-2H3. The Labute approximate surface area is 67.9 Å². The highest BCUT2D eigenvalue weighted by atomic mass is 16.6. The summed E-state index contributed by atoms with van der Waals surface area (Å²) in [6.07, 6.45) is 6.02.